The van der Waals surface area contributed by atoms with Crippen LogP contribution in [0, 0.1) is 0 Å². The molecule has 3 aromatic carbocycles. The van der Waals surface area contributed by atoms with Crippen LogP contribution in [0.3, 0.4) is 0 Å². The summed E-state index contributed by atoms with van der Waals surface area (Å²) in [7, 11) is -4.21. The first-order valence-corrected chi connectivity index (χ1v) is 11.4. The Balaban J connectivity index is 1.62. The summed E-state index contributed by atoms with van der Waals surface area (Å²) >= 11 is 11.8. The first kappa shape index (κ1) is 21.4. The number of hydrogen-bond acceptors (Lipinski definition) is 5. The molecule has 0 fully saturated rings. The number of carbonyl (C=O) groups is 1. The molecular weight excluding hydrogens is 459 g/mol. The first-order valence-electron chi connectivity index (χ1n) is 9.19. The van der Waals surface area contributed by atoms with Crippen LogP contribution in [0.4, 0.5) is 0 Å². The molecular formula is C22H16Cl2N2O4S. The number of halogens is 2. The summed E-state index contributed by atoms with van der Waals surface area (Å²) in [6.07, 6.45) is 0.0542. The maximum atomic E-state index is 12.8. The maximum absolute atomic E-state index is 12.8. The van der Waals surface area contributed by atoms with Gasteiger partial charge in [-0.2, -0.15) is 0 Å². The molecule has 1 amide bonds. The Morgan fingerprint density at radius 1 is 0.903 bits per heavy atom. The van der Waals surface area contributed by atoms with E-state index in [0.29, 0.717) is 0 Å². The Hall–Kier alpha value is -2.87. The molecule has 0 radical (unpaired) electrons. The average Bonchev–Trinajstić information content (AvgIpc) is 3.21. The molecule has 9 heteroatoms. The highest BCUT2D eigenvalue weighted by Gasteiger charge is 2.45. The largest absolute Gasteiger partial charge is 0.379 e. The first-order chi connectivity index (χ1) is 14.8. The van der Waals surface area contributed by atoms with E-state index in [1.165, 1.54) is 18.2 Å². The van der Waals surface area contributed by atoms with Gasteiger partial charge in [-0.1, -0.05) is 89.0 Å². The summed E-state index contributed by atoms with van der Waals surface area (Å²) in [6.45, 7) is 0. The second kappa shape index (κ2) is 8.34. The predicted molar refractivity (Wildman–Crippen MR) is 119 cm³/mol. The number of amides is 1. The molecule has 158 valence electrons. The highest BCUT2D eigenvalue weighted by Crippen LogP contribution is 2.41. The molecule has 0 unspecified atom stereocenters. The van der Waals surface area contributed by atoms with Gasteiger partial charge in [0.15, 0.2) is 11.3 Å². The van der Waals surface area contributed by atoms with Gasteiger partial charge < -0.3 is 4.84 Å². The minimum Gasteiger partial charge on any atom is -0.379 e. The van der Waals surface area contributed by atoms with Crippen molar-refractivity contribution in [2.75, 3.05) is 0 Å². The van der Waals surface area contributed by atoms with Crippen molar-refractivity contribution in [3.8, 4) is 0 Å². The third-order valence-corrected chi connectivity index (χ3v) is 6.59. The van der Waals surface area contributed by atoms with Crippen LogP contribution in [-0.4, -0.2) is 20.0 Å². The number of hydrogen-bond donors (Lipinski definition) is 1. The van der Waals surface area contributed by atoms with Crippen LogP contribution in [-0.2, 0) is 25.3 Å². The minimum atomic E-state index is -4.21. The molecule has 0 bridgehead atoms. The third-order valence-electron chi connectivity index (χ3n) is 4.84. The number of oxime groups is 1. The molecule has 1 heterocycles. The van der Waals surface area contributed by atoms with Gasteiger partial charge in [-0.05, 0) is 18.2 Å². The molecule has 4 rings (SSSR count). The van der Waals surface area contributed by atoms with E-state index in [1.54, 1.807) is 0 Å². The zero-order valence-electron chi connectivity index (χ0n) is 16.0. The van der Waals surface area contributed by atoms with Gasteiger partial charge in [-0.25, -0.2) is 13.1 Å². The van der Waals surface area contributed by atoms with Crippen LogP contribution < -0.4 is 4.72 Å². The standard InChI is InChI=1S/C22H16Cl2N2O4S/c23-17-11-18(24)13-19(12-17)31(28,29)26-21(27)20-14-22(30-25-20,15-7-3-1-4-8-15)16-9-5-2-6-10-16/h1-13H,14H2,(H,26,27). The average molecular weight is 475 g/mol. The van der Waals surface area contributed by atoms with E-state index in [9.17, 15) is 13.2 Å². The summed E-state index contributed by atoms with van der Waals surface area (Å²) in [4.78, 5) is 18.4. The van der Waals surface area contributed by atoms with Crippen LogP contribution in [0.15, 0.2) is 88.9 Å². The number of sulfonamides is 1. The fraction of sp³-hybridized carbons (Fsp3) is 0.0909. The fourth-order valence-corrected chi connectivity index (χ4v) is 5.07. The summed E-state index contributed by atoms with van der Waals surface area (Å²) in [5, 5.41) is 4.21. The SMILES string of the molecule is O=C(NS(=O)(=O)c1cc(Cl)cc(Cl)c1)C1=NOC(c2ccccc2)(c2ccccc2)C1. The number of benzene rings is 3. The van der Waals surface area contributed by atoms with Crippen molar-refractivity contribution in [2.45, 2.75) is 16.9 Å². The quantitative estimate of drug-likeness (QED) is 0.588. The monoisotopic (exact) mass is 474 g/mol. The third kappa shape index (κ3) is 4.30. The number of nitrogens with one attached hydrogen (secondary N) is 1. The lowest BCUT2D eigenvalue weighted by atomic mass is 9.82. The van der Waals surface area contributed by atoms with Crippen LogP contribution in [0.5, 0.6) is 0 Å². The molecule has 6 nitrogen and oxygen atoms in total. The van der Waals surface area contributed by atoms with E-state index in [-0.39, 0.29) is 27.1 Å². The topological polar surface area (TPSA) is 84.8 Å². The summed E-state index contributed by atoms with van der Waals surface area (Å²) in [5.41, 5.74) is 0.483. The predicted octanol–water partition coefficient (Wildman–Crippen LogP) is 4.52. The zero-order valence-corrected chi connectivity index (χ0v) is 18.3. The molecule has 0 spiro atoms. The molecule has 0 aliphatic carbocycles. The molecule has 1 N–H and O–H groups in total. The smallest absolute Gasteiger partial charge is 0.282 e. The van der Waals surface area contributed by atoms with Crippen molar-refractivity contribution in [1.29, 1.82) is 0 Å². The van der Waals surface area contributed by atoms with Gasteiger partial charge in [0.05, 0.1) is 11.3 Å². The van der Waals surface area contributed by atoms with E-state index < -0.39 is 21.5 Å². The van der Waals surface area contributed by atoms with E-state index in [0.717, 1.165) is 11.1 Å². The van der Waals surface area contributed by atoms with Gasteiger partial charge in [0.1, 0.15) is 0 Å². The molecule has 0 saturated carbocycles. The summed E-state index contributed by atoms with van der Waals surface area (Å²) in [6, 6.07) is 22.4. The molecule has 0 aromatic heterocycles. The Labute approximate surface area is 189 Å². The van der Waals surface area contributed by atoms with Crippen molar-refractivity contribution in [2.24, 2.45) is 5.16 Å². The van der Waals surface area contributed by atoms with Crippen LogP contribution in [0.2, 0.25) is 10.0 Å². The minimum absolute atomic E-state index is 0.0515. The lowest BCUT2D eigenvalue weighted by molar-refractivity contribution is -0.113. The van der Waals surface area contributed by atoms with Crippen LogP contribution in [0.25, 0.3) is 0 Å². The molecule has 0 atom stereocenters. The van der Waals surface area contributed by atoms with Gasteiger partial charge in [-0.15, -0.1) is 0 Å². The maximum Gasteiger partial charge on any atom is 0.282 e. The second-order valence-electron chi connectivity index (χ2n) is 6.90. The Morgan fingerprint density at radius 2 is 1.42 bits per heavy atom. The van der Waals surface area contributed by atoms with Gasteiger partial charge >= 0.3 is 0 Å². The number of carbonyl (C=O) groups excluding carboxylic acids is 1. The van der Waals surface area contributed by atoms with Crippen molar-refractivity contribution < 1.29 is 18.0 Å². The zero-order chi connectivity index (χ0) is 22.1. The fourth-order valence-electron chi connectivity index (χ4n) is 3.37. The molecule has 0 saturated heterocycles. The number of rotatable bonds is 5. The normalized spacial score (nSPS) is 15.1. The van der Waals surface area contributed by atoms with Crippen molar-refractivity contribution in [1.82, 2.24) is 4.72 Å². The van der Waals surface area contributed by atoms with Crippen molar-refractivity contribution >= 4 is 44.8 Å². The van der Waals surface area contributed by atoms with Crippen LogP contribution in [0.1, 0.15) is 17.5 Å². The second-order valence-corrected chi connectivity index (χ2v) is 9.46. The Morgan fingerprint density at radius 3 is 1.94 bits per heavy atom. The molecule has 31 heavy (non-hydrogen) atoms. The Bertz CT molecular complexity index is 1200. The van der Waals surface area contributed by atoms with Gasteiger partial charge in [0.2, 0.25) is 0 Å². The van der Waals surface area contributed by atoms with Gasteiger partial charge in [-0.3, -0.25) is 4.79 Å². The van der Waals surface area contributed by atoms with Crippen molar-refractivity contribution in [3.63, 3.8) is 0 Å². The molecule has 1 aliphatic heterocycles. The van der Waals surface area contributed by atoms with E-state index in [2.05, 4.69) is 5.16 Å². The summed E-state index contributed by atoms with van der Waals surface area (Å²) < 4.78 is 27.3. The molecule has 1 aliphatic rings. The van der Waals surface area contributed by atoms with Gasteiger partial charge in [0.25, 0.3) is 15.9 Å². The lowest BCUT2D eigenvalue weighted by Gasteiger charge is -2.27. The van der Waals surface area contributed by atoms with E-state index in [1.807, 2.05) is 65.4 Å². The lowest BCUT2D eigenvalue weighted by Crippen LogP contribution is -2.37. The Kier molecular flexibility index (Phi) is 5.75. The van der Waals surface area contributed by atoms with E-state index in [4.69, 9.17) is 28.0 Å². The van der Waals surface area contributed by atoms with Gasteiger partial charge in [0, 0.05) is 21.2 Å². The highest BCUT2D eigenvalue weighted by molar-refractivity contribution is 7.90. The van der Waals surface area contributed by atoms with Crippen molar-refractivity contribution in [3.05, 3.63) is 100 Å². The van der Waals surface area contributed by atoms with E-state index >= 15 is 0 Å². The number of nitrogens with zero attached hydrogens (tertiary/aromatic N) is 1. The molecule has 3 aromatic rings. The highest BCUT2D eigenvalue weighted by atomic mass is 35.5. The summed E-state index contributed by atoms with van der Waals surface area (Å²) in [5.74, 6) is -0.884. The van der Waals surface area contributed by atoms with Crippen LogP contribution >= 0.6 is 23.2 Å².